The molecular weight excluding hydrogens is 358 g/mol. The molecule has 6 heteroatoms. The Morgan fingerprint density at radius 2 is 1.61 bits per heavy atom. The van der Waals surface area contributed by atoms with Crippen LogP contribution in [0.15, 0.2) is 17.3 Å². The number of nitrogens with zero attached hydrogens (tertiary/aromatic N) is 1. The first-order valence-electron chi connectivity index (χ1n) is 9.61. The van der Waals surface area contributed by atoms with E-state index in [9.17, 15) is 9.90 Å². The summed E-state index contributed by atoms with van der Waals surface area (Å²) in [6, 6.07) is 3.94. The van der Waals surface area contributed by atoms with Crippen LogP contribution in [0.3, 0.4) is 0 Å². The second-order valence-corrected chi connectivity index (χ2v) is 10.0. The molecule has 1 aromatic rings. The van der Waals surface area contributed by atoms with Crippen molar-refractivity contribution in [1.29, 1.82) is 0 Å². The van der Waals surface area contributed by atoms with Crippen molar-refractivity contribution < 1.29 is 24.6 Å². The van der Waals surface area contributed by atoms with Gasteiger partial charge in [0, 0.05) is 23.1 Å². The van der Waals surface area contributed by atoms with Crippen LogP contribution >= 0.6 is 0 Å². The van der Waals surface area contributed by atoms with Crippen LogP contribution in [0.4, 0.5) is 0 Å². The highest BCUT2D eigenvalue weighted by atomic mass is 16.7. The number of carbonyl (C=O) groups is 1. The van der Waals surface area contributed by atoms with Crippen LogP contribution in [0.5, 0.6) is 5.75 Å². The standard InChI is InChI=1S/C22H33NO5/c1-20(2,3)15-9-13(10-16(18(15)24)21(4,5)6)17-11-14(28-23-17)12-27-22(7,8)19(25)26/h9-10,14,24H,11-12H2,1-8H3,(H,25,26). The summed E-state index contributed by atoms with van der Waals surface area (Å²) in [5, 5.41) is 24.2. The number of ether oxygens (including phenoxy) is 1. The third kappa shape index (κ3) is 4.85. The van der Waals surface area contributed by atoms with Crippen LogP contribution in [0.1, 0.15) is 78.5 Å². The number of phenols is 1. The Morgan fingerprint density at radius 1 is 1.11 bits per heavy atom. The van der Waals surface area contributed by atoms with Crippen LogP contribution < -0.4 is 0 Å². The lowest BCUT2D eigenvalue weighted by Crippen LogP contribution is -2.37. The van der Waals surface area contributed by atoms with Gasteiger partial charge in [0.05, 0.1) is 12.3 Å². The van der Waals surface area contributed by atoms with Gasteiger partial charge in [0.25, 0.3) is 0 Å². The molecule has 0 bridgehead atoms. The van der Waals surface area contributed by atoms with Crippen LogP contribution in [-0.2, 0) is 25.2 Å². The summed E-state index contributed by atoms with van der Waals surface area (Å²) in [5.41, 5.74) is 1.69. The second kappa shape index (κ2) is 7.39. The molecule has 1 unspecified atom stereocenters. The fraction of sp³-hybridized carbons (Fsp3) is 0.636. The fourth-order valence-corrected chi connectivity index (χ4v) is 3.00. The van der Waals surface area contributed by atoms with E-state index in [2.05, 4.69) is 46.7 Å². The molecule has 1 heterocycles. The van der Waals surface area contributed by atoms with Gasteiger partial charge in [0.1, 0.15) is 5.75 Å². The summed E-state index contributed by atoms with van der Waals surface area (Å²) in [5.74, 6) is -0.693. The molecule has 0 fully saturated rings. The molecule has 0 saturated heterocycles. The minimum atomic E-state index is -1.27. The molecule has 0 aromatic heterocycles. The number of carboxylic acids is 1. The van der Waals surface area contributed by atoms with E-state index < -0.39 is 11.6 Å². The summed E-state index contributed by atoms with van der Waals surface area (Å²) in [6.45, 7) is 15.6. The van der Waals surface area contributed by atoms with Crippen molar-refractivity contribution in [3.8, 4) is 5.75 Å². The number of hydrogen-bond acceptors (Lipinski definition) is 5. The minimum Gasteiger partial charge on any atom is -0.507 e. The van der Waals surface area contributed by atoms with Crippen molar-refractivity contribution in [3.63, 3.8) is 0 Å². The summed E-state index contributed by atoms with van der Waals surface area (Å²) in [7, 11) is 0. The van der Waals surface area contributed by atoms with Crippen molar-refractivity contribution in [3.05, 3.63) is 28.8 Å². The van der Waals surface area contributed by atoms with Gasteiger partial charge in [0.15, 0.2) is 11.7 Å². The molecule has 2 N–H and O–H groups in total. The maximum Gasteiger partial charge on any atom is 0.335 e. The normalized spacial score (nSPS) is 18.0. The van der Waals surface area contributed by atoms with Crippen LogP contribution in [-0.4, -0.2) is 40.2 Å². The number of phenolic OH excluding ortho intramolecular Hbond substituents is 1. The predicted octanol–water partition coefficient (Wildman–Crippen LogP) is 4.36. The highest BCUT2D eigenvalue weighted by Crippen LogP contribution is 2.40. The Kier molecular flexibility index (Phi) is 5.86. The average molecular weight is 392 g/mol. The molecule has 0 aliphatic carbocycles. The number of oxime groups is 1. The Morgan fingerprint density at radius 3 is 2.04 bits per heavy atom. The molecule has 6 nitrogen and oxygen atoms in total. The average Bonchev–Trinajstić information content (AvgIpc) is 3.00. The topological polar surface area (TPSA) is 88.4 Å². The number of hydrogen-bond donors (Lipinski definition) is 2. The molecule has 0 radical (unpaired) electrons. The van der Waals surface area contributed by atoms with E-state index in [4.69, 9.17) is 14.7 Å². The van der Waals surface area contributed by atoms with E-state index in [1.807, 2.05) is 12.1 Å². The van der Waals surface area contributed by atoms with E-state index >= 15 is 0 Å². The lowest BCUT2D eigenvalue weighted by atomic mass is 9.78. The van der Waals surface area contributed by atoms with Crippen LogP contribution in [0.25, 0.3) is 0 Å². The third-order valence-corrected chi connectivity index (χ3v) is 4.94. The molecule has 1 aromatic carbocycles. The Hall–Kier alpha value is -2.08. The van der Waals surface area contributed by atoms with Gasteiger partial charge in [-0.3, -0.25) is 0 Å². The van der Waals surface area contributed by atoms with Gasteiger partial charge in [-0.05, 0) is 36.8 Å². The molecule has 1 aliphatic heterocycles. The molecule has 156 valence electrons. The van der Waals surface area contributed by atoms with Crippen molar-refractivity contribution >= 4 is 11.7 Å². The zero-order valence-electron chi connectivity index (χ0n) is 18.2. The smallest absolute Gasteiger partial charge is 0.335 e. The quantitative estimate of drug-likeness (QED) is 0.778. The van der Waals surface area contributed by atoms with Gasteiger partial charge in [-0.15, -0.1) is 0 Å². The van der Waals surface area contributed by atoms with Crippen molar-refractivity contribution in [2.45, 2.75) is 84.3 Å². The van der Waals surface area contributed by atoms with Crippen LogP contribution in [0.2, 0.25) is 0 Å². The number of aromatic hydroxyl groups is 1. The maximum atomic E-state index is 11.2. The molecule has 2 rings (SSSR count). The van der Waals surface area contributed by atoms with Crippen molar-refractivity contribution in [2.75, 3.05) is 6.61 Å². The minimum absolute atomic E-state index is 0.142. The highest BCUT2D eigenvalue weighted by Gasteiger charge is 2.33. The zero-order chi connectivity index (χ0) is 21.5. The first-order valence-corrected chi connectivity index (χ1v) is 9.61. The lowest BCUT2D eigenvalue weighted by molar-refractivity contribution is -0.165. The molecule has 1 aliphatic rings. The first kappa shape index (κ1) is 22.2. The van der Waals surface area contributed by atoms with E-state index in [0.717, 1.165) is 22.4 Å². The number of carboxylic acid groups (broad SMARTS) is 1. The Bertz CT molecular complexity index is 746. The van der Waals surface area contributed by atoms with Gasteiger partial charge < -0.3 is 19.8 Å². The molecule has 0 spiro atoms. The SMILES string of the molecule is CC(C)(OCC1CC(c2cc(C(C)(C)C)c(O)c(C(C)(C)C)c2)=NO1)C(=O)O. The number of benzene rings is 1. The van der Waals surface area contributed by atoms with E-state index in [-0.39, 0.29) is 23.5 Å². The molecule has 28 heavy (non-hydrogen) atoms. The van der Waals surface area contributed by atoms with Gasteiger partial charge >= 0.3 is 5.97 Å². The molecule has 1 atom stereocenters. The highest BCUT2D eigenvalue weighted by molar-refractivity contribution is 6.02. The van der Waals surface area contributed by atoms with E-state index in [1.54, 1.807) is 0 Å². The fourth-order valence-electron chi connectivity index (χ4n) is 3.00. The second-order valence-electron chi connectivity index (χ2n) is 10.0. The molecular formula is C22H33NO5. The van der Waals surface area contributed by atoms with Crippen LogP contribution in [0, 0.1) is 0 Å². The number of aliphatic carboxylic acids is 1. The Labute approximate surface area is 167 Å². The summed E-state index contributed by atoms with van der Waals surface area (Å²) in [4.78, 5) is 16.7. The van der Waals surface area contributed by atoms with Gasteiger partial charge in [-0.25, -0.2) is 4.79 Å². The number of rotatable bonds is 5. The van der Waals surface area contributed by atoms with E-state index in [0.29, 0.717) is 12.2 Å². The largest absolute Gasteiger partial charge is 0.507 e. The first-order chi connectivity index (χ1) is 12.6. The molecule has 0 saturated carbocycles. The van der Waals surface area contributed by atoms with Gasteiger partial charge in [-0.2, -0.15) is 0 Å². The van der Waals surface area contributed by atoms with Gasteiger partial charge in [0.2, 0.25) is 0 Å². The third-order valence-electron chi connectivity index (χ3n) is 4.94. The summed E-state index contributed by atoms with van der Waals surface area (Å²) in [6.07, 6.45) is 0.187. The monoisotopic (exact) mass is 391 g/mol. The van der Waals surface area contributed by atoms with Crippen molar-refractivity contribution in [2.24, 2.45) is 5.16 Å². The summed E-state index contributed by atoms with van der Waals surface area (Å²) < 4.78 is 5.50. The lowest BCUT2D eigenvalue weighted by Gasteiger charge is -2.28. The van der Waals surface area contributed by atoms with E-state index in [1.165, 1.54) is 13.8 Å². The van der Waals surface area contributed by atoms with Gasteiger partial charge in [-0.1, -0.05) is 46.7 Å². The predicted molar refractivity (Wildman–Crippen MR) is 109 cm³/mol. The Balaban J connectivity index is 2.28. The summed E-state index contributed by atoms with van der Waals surface area (Å²) >= 11 is 0. The zero-order valence-corrected chi connectivity index (χ0v) is 18.2. The van der Waals surface area contributed by atoms with Crippen molar-refractivity contribution in [1.82, 2.24) is 0 Å². The maximum absolute atomic E-state index is 11.2. The molecule has 0 amide bonds.